The normalized spacial score (nSPS) is 21.8. The second kappa shape index (κ2) is 10.1. The molecule has 2 aliphatic rings. The fourth-order valence-corrected chi connectivity index (χ4v) is 2.98. The molecule has 124 valence electrons. The second-order valence-electron chi connectivity index (χ2n) is 5.51. The van der Waals surface area contributed by atoms with E-state index in [2.05, 4.69) is 11.8 Å². The largest absolute Gasteiger partial charge is 0.387 e. The summed E-state index contributed by atoms with van der Waals surface area (Å²) in [5.74, 6) is -0.158. The number of rotatable bonds is 4. The summed E-state index contributed by atoms with van der Waals surface area (Å²) in [4.78, 5) is 15.6. The molecule has 5 nitrogen and oxygen atoms in total. The monoisotopic (exact) mass is 300 g/mol. The summed E-state index contributed by atoms with van der Waals surface area (Å²) in [6.07, 6.45) is 4.75. The summed E-state index contributed by atoms with van der Waals surface area (Å²) >= 11 is 0. The average molecular weight is 300 g/mol. The van der Waals surface area contributed by atoms with E-state index in [0.29, 0.717) is 12.2 Å². The quantitative estimate of drug-likeness (QED) is 0.855. The van der Waals surface area contributed by atoms with Gasteiger partial charge < -0.3 is 19.6 Å². The van der Waals surface area contributed by atoms with E-state index in [1.165, 1.54) is 0 Å². The Balaban J connectivity index is 0.00000106. The van der Waals surface area contributed by atoms with Gasteiger partial charge in [0.1, 0.15) is 6.61 Å². The number of amides is 1. The molecule has 21 heavy (non-hydrogen) atoms. The molecule has 0 aliphatic carbocycles. The SMILES string of the molecule is CC.CCN1CCC(OC2CCN(C(=O)CO)CC2)CC1. The van der Waals surface area contributed by atoms with Gasteiger partial charge in [0.15, 0.2) is 0 Å². The molecule has 2 aliphatic heterocycles. The van der Waals surface area contributed by atoms with E-state index < -0.39 is 0 Å². The van der Waals surface area contributed by atoms with Crippen molar-refractivity contribution in [1.29, 1.82) is 0 Å². The highest BCUT2D eigenvalue weighted by Crippen LogP contribution is 2.20. The molecule has 2 fully saturated rings. The van der Waals surface area contributed by atoms with Crippen molar-refractivity contribution in [1.82, 2.24) is 9.80 Å². The van der Waals surface area contributed by atoms with Crippen LogP contribution in [0.5, 0.6) is 0 Å². The maximum absolute atomic E-state index is 11.4. The molecule has 0 aromatic heterocycles. The Bertz CT molecular complexity index is 283. The molecule has 1 amide bonds. The summed E-state index contributed by atoms with van der Waals surface area (Å²) in [6, 6.07) is 0. The van der Waals surface area contributed by atoms with Gasteiger partial charge in [0.25, 0.3) is 0 Å². The summed E-state index contributed by atoms with van der Waals surface area (Å²) in [5.41, 5.74) is 0. The van der Waals surface area contributed by atoms with Gasteiger partial charge in [-0.1, -0.05) is 20.8 Å². The van der Waals surface area contributed by atoms with Crippen LogP contribution in [-0.2, 0) is 9.53 Å². The van der Waals surface area contributed by atoms with Crippen LogP contribution in [0.1, 0.15) is 46.5 Å². The van der Waals surface area contributed by atoms with Crippen LogP contribution in [0, 0.1) is 0 Å². The van der Waals surface area contributed by atoms with E-state index in [-0.39, 0.29) is 12.5 Å². The lowest BCUT2D eigenvalue weighted by Gasteiger charge is -2.36. The minimum Gasteiger partial charge on any atom is -0.387 e. The Morgan fingerprint density at radius 1 is 1.05 bits per heavy atom. The number of piperidine rings is 2. The highest BCUT2D eigenvalue weighted by Gasteiger charge is 2.26. The molecule has 1 N–H and O–H groups in total. The molecule has 0 saturated carbocycles. The maximum atomic E-state index is 11.4. The lowest BCUT2D eigenvalue weighted by molar-refractivity contribution is -0.138. The van der Waals surface area contributed by atoms with Crippen molar-refractivity contribution in [2.45, 2.75) is 58.7 Å². The number of nitrogens with zero attached hydrogens (tertiary/aromatic N) is 2. The van der Waals surface area contributed by atoms with E-state index in [9.17, 15) is 4.79 Å². The third-order valence-electron chi connectivity index (χ3n) is 4.30. The van der Waals surface area contributed by atoms with Gasteiger partial charge in [-0.2, -0.15) is 0 Å². The number of hydrogen-bond acceptors (Lipinski definition) is 4. The minimum absolute atomic E-state index is 0.158. The molecule has 0 atom stereocenters. The van der Waals surface area contributed by atoms with Crippen LogP contribution >= 0.6 is 0 Å². The number of carbonyl (C=O) groups excluding carboxylic acids is 1. The van der Waals surface area contributed by atoms with Crippen LogP contribution in [0.3, 0.4) is 0 Å². The predicted molar refractivity (Wildman–Crippen MR) is 84.3 cm³/mol. The Morgan fingerprint density at radius 2 is 1.52 bits per heavy atom. The van der Waals surface area contributed by atoms with Crippen molar-refractivity contribution in [3.8, 4) is 0 Å². The first-order chi connectivity index (χ1) is 10.2. The molecule has 0 aromatic carbocycles. The topological polar surface area (TPSA) is 53.0 Å². The van der Waals surface area contributed by atoms with E-state index in [4.69, 9.17) is 9.84 Å². The molecule has 2 rings (SSSR count). The molecule has 0 aromatic rings. The van der Waals surface area contributed by atoms with Crippen LogP contribution in [0.2, 0.25) is 0 Å². The van der Waals surface area contributed by atoms with Gasteiger partial charge in [-0.15, -0.1) is 0 Å². The third kappa shape index (κ3) is 5.93. The molecule has 0 unspecified atom stereocenters. The third-order valence-corrected chi connectivity index (χ3v) is 4.30. The van der Waals surface area contributed by atoms with Crippen molar-refractivity contribution < 1.29 is 14.6 Å². The zero-order chi connectivity index (χ0) is 15.7. The molecular formula is C16H32N2O3. The van der Waals surface area contributed by atoms with Crippen LogP contribution in [0.15, 0.2) is 0 Å². The highest BCUT2D eigenvalue weighted by molar-refractivity contribution is 5.77. The molecule has 0 bridgehead atoms. The van der Waals surface area contributed by atoms with E-state index in [1.807, 2.05) is 13.8 Å². The molecule has 2 heterocycles. The smallest absolute Gasteiger partial charge is 0.248 e. The number of aliphatic hydroxyl groups is 1. The van der Waals surface area contributed by atoms with E-state index in [1.54, 1.807) is 4.90 Å². The van der Waals surface area contributed by atoms with Gasteiger partial charge in [-0.25, -0.2) is 0 Å². The number of ether oxygens (including phenoxy) is 1. The minimum atomic E-state index is -0.374. The van der Waals surface area contributed by atoms with Crippen LogP contribution in [0.25, 0.3) is 0 Å². The summed E-state index contributed by atoms with van der Waals surface area (Å²) in [7, 11) is 0. The molecule has 2 saturated heterocycles. The van der Waals surface area contributed by atoms with E-state index in [0.717, 1.165) is 58.4 Å². The zero-order valence-electron chi connectivity index (χ0n) is 13.9. The van der Waals surface area contributed by atoms with Gasteiger partial charge in [-0.3, -0.25) is 4.79 Å². The van der Waals surface area contributed by atoms with Gasteiger partial charge in [0.2, 0.25) is 5.91 Å². The molecule has 0 spiro atoms. The van der Waals surface area contributed by atoms with Gasteiger partial charge in [-0.05, 0) is 32.2 Å². The number of carbonyl (C=O) groups is 1. The molecule has 5 heteroatoms. The number of likely N-dealkylation sites (tertiary alicyclic amines) is 2. The Hall–Kier alpha value is -0.650. The van der Waals surface area contributed by atoms with Crippen molar-refractivity contribution in [2.75, 3.05) is 39.3 Å². The fourth-order valence-electron chi connectivity index (χ4n) is 2.98. The number of hydrogen-bond donors (Lipinski definition) is 1. The van der Waals surface area contributed by atoms with Gasteiger partial charge in [0.05, 0.1) is 12.2 Å². The van der Waals surface area contributed by atoms with Crippen LogP contribution in [0.4, 0.5) is 0 Å². The first kappa shape index (κ1) is 18.4. The average Bonchev–Trinajstić information content (AvgIpc) is 2.57. The van der Waals surface area contributed by atoms with Crippen LogP contribution < -0.4 is 0 Å². The zero-order valence-corrected chi connectivity index (χ0v) is 13.9. The standard InChI is InChI=1S/C14H26N2O3.C2H6/c1-2-15-7-3-12(4-8-15)19-13-5-9-16(10-6-13)14(18)11-17;1-2/h12-13,17H,2-11H2,1H3;1-2H3. The van der Waals surface area contributed by atoms with E-state index >= 15 is 0 Å². The summed E-state index contributed by atoms with van der Waals surface area (Å²) in [5, 5.41) is 8.84. The van der Waals surface area contributed by atoms with Crippen LogP contribution in [-0.4, -0.2) is 72.4 Å². The highest BCUT2D eigenvalue weighted by atomic mass is 16.5. The lowest BCUT2D eigenvalue weighted by Crippen LogP contribution is -2.44. The molecular weight excluding hydrogens is 268 g/mol. The van der Waals surface area contributed by atoms with Gasteiger partial charge >= 0.3 is 0 Å². The van der Waals surface area contributed by atoms with Gasteiger partial charge in [0, 0.05) is 26.2 Å². The maximum Gasteiger partial charge on any atom is 0.248 e. The first-order valence-corrected chi connectivity index (χ1v) is 8.49. The van der Waals surface area contributed by atoms with Crippen molar-refractivity contribution in [2.24, 2.45) is 0 Å². The van der Waals surface area contributed by atoms with Crippen molar-refractivity contribution in [3.63, 3.8) is 0 Å². The summed E-state index contributed by atoms with van der Waals surface area (Å²) in [6.45, 7) is 10.7. The summed E-state index contributed by atoms with van der Waals surface area (Å²) < 4.78 is 6.16. The molecule has 0 radical (unpaired) electrons. The Kier molecular flexibility index (Phi) is 8.88. The number of aliphatic hydroxyl groups excluding tert-OH is 1. The van der Waals surface area contributed by atoms with Crippen molar-refractivity contribution in [3.05, 3.63) is 0 Å². The lowest BCUT2D eigenvalue weighted by atomic mass is 10.0. The first-order valence-electron chi connectivity index (χ1n) is 8.49. The fraction of sp³-hybridized carbons (Fsp3) is 0.938. The Labute approximate surface area is 129 Å². The Morgan fingerprint density at radius 3 is 1.95 bits per heavy atom. The second-order valence-corrected chi connectivity index (χ2v) is 5.51. The predicted octanol–water partition coefficient (Wildman–Crippen LogP) is 1.50. The van der Waals surface area contributed by atoms with Crippen molar-refractivity contribution >= 4 is 5.91 Å².